The molecule has 0 atom stereocenters. The normalized spacial score (nSPS) is 9.44. The molecule has 88 valence electrons. The van der Waals surface area contributed by atoms with Crippen LogP contribution in [0.3, 0.4) is 0 Å². The molecule has 16 heavy (non-hydrogen) atoms. The Morgan fingerprint density at radius 2 is 1.75 bits per heavy atom. The third-order valence-electron chi connectivity index (χ3n) is 1.98. The highest BCUT2D eigenvalue weighted by Crippen LogP contribution is 2.22. The SMILES string of the molecule is C.C.CC(C)Oc1nccc2ccccc12. The van der Waals surface area contributed by atoms with Crippen LogP contribution in [-0.2, 0) is 0 Å². The number of pyridine rings is 1. The lowest BCUT2D eigenvalue weighted by atomic mass is 10.2. The first-order valence-electron chi connectivity index (χ1n) is 4.78. The van der Waals surface area contributed by atoms with Crippen LogP contribution in [0.25, 0.3) is 10.8 Å². The highest BCUT2D eigenvalue weighted by molar-refractivity contribution is 5.86. The molecule has 0 aliphatic heterocycles. The second-order valence-electron chi connectivity index (χ2n) is 3.50. The average molecular weight is 219 g/mol. The molecule has 0 amide bonds. The van der Waals surface area contributed by atoms with E-state index in [9.17, 15) is 0 Å². The van der Waals surface area contributed by atoms with Gasteiger partial charge in [0.2, 0.25) is 5.88 Å². The average Bonchev–Trinajstić information content (AvgIpc) is 2.18. The molecule has 0 unspecified atom stereocenters. The summed E-state index contributed by atoms with van der Waals surface area (Å²) >= 11 is 0. The van der Waals surface area contributed by atoms with Gasteiger partial charge in [-0.25, -0.2) is 4.98 Å². The quantitative estimate of drug-likeness (QED) is 0.751. The predicted octanol–water partition coefficient (Wildman–Crippen LogP) is 4.29. The van der Waals surface area contributed by atoms with Crippen molar-refractivity contribution in [1.82, 2.24) is 4.98 Å². The molecule has 1 aromatic heterocycles. The van der Waals surface area contributed by atoms with Gasteiger partial charge in [-0.15, -0.1) is 0 Å². The molecule has 0 saturated heterocycles. The van der Waals surface area contributed by atoms with Gasteiger partial charge in [0.05, 0.1) is 6.10 Å². The molecule has 1 heterocycles. The summed E-state index contributed by atoms with van der Waals surface area (Å²) in [6, 6.07) is 10.1. The van der Waals surface area contributed by atoms with E-state index in [1.54, 1.807) is 6.20 Å². The van der Waals surface area contributed by atoms with E-state index in [1.807, 2.05) is 38.1 Å². The van der Waals surface area contributed by atoms with Crippen molar-refractivity contribution in [2.24, 2.45) is 0 Å². The van der Waals surface area contributed by atoms with Gasteiger partial charge in [-0.2, -0.15) is 0 Å². The molecule has 2 heteroatoms. The zero-order valence-corrected chi connectivity index (χ0v) is 8.40. The van der Waals surface area contributed by atoms with E-state index in [1.165, 1.54) is 0 Å². The maximum Gasteiger partial charge on any atom is 0.221 e. The van der Waals surface area contributed by atoms with Crippen LogP contribution in [0.2, 0.25) is 0 Å². The van der Waals surface area contributed by atoms with Crippen LogP contribution in [0.5, 0.6) is 5.88 Å². The first kappa shape index (κ1) is 14.4. The van der Waals surface area contributed by atoms with Gasteiger partial charge in [-0.1, -0.05) is 33.1 Å². The minimum absolute atomic E-state index is 0. The molecule has 0 saturated carbocycles. The summed E-state index contributed by atoms with van der Waals surface area (Å²) in [5.74, 6) is 0.720. The summed E-state index contributed by atoms with van der Waals surface area (Å²) in [7, 11) is 0. The second-order valence-corrected chi connectivity index (χ2v) is 3.50. The minimum atomic E-state index is 0. The summed E-state index contributed by atoms with van der Waals surface area (Å²) < 4.78 is 5.62. The third-order valence-corrected chi connectivity index (χ3v) is 1.98. The number of aromatic nitrogens is 1. The van der Waals surface area contributed by atoms with Gasteiger partial charge in [0.15, 0.2) is 0 Å². The first-order valence-corrected chi connectivity index (χ1v) is 4.78. The van der Waals surface area contributed by atoms with Crippen molar-refractivity contribution in [2.45, 2.75) is 34.8 Å². The molecular weight excluding hydrogens is 198 g/mol. The van der Waals surface area contributed by atoms with Gasteiger partial charge < -0.3 is 4.74 Å². The van der Waals surface area contributed by atoms with Crippen LogP contribution < -0.4 is 4.74 Å². The van der Waals surface area contributed by atoms with E-state index in [0.29, 0.717) is 0 Å². The molecule has 0 radical (unpaired) electrons. The molecular formula is C14H21NO. The Hall–Kier alpha value is -1.57. The fourth-order valence-electron chi connectivity index (χ4n) is 1.41. The van der Waals surface area contributed by atoms with E-state index in [4.69, 9.17) is 4.74 Å². The lowest BCUT2D eigenvalue weighted by Gasteiger charge is -2.10. The molecule has 2 rings (SSSR count). The number of benzene rings is 1. The molecule has 0 aliphatic rings. The van der Waals surface area contributed by atoms with Gasteiger partial charge >= 0.3 is 0 Å². The largest absolute Gasteiger partial charge is 0.475 e. The molecule has 0 aliphatic carbocycles. The Morgan fingerprint density at radius 1 is 1.06 bits per heavy atom. The van der Waals surface area contributed by atoms with Gasteiger partial charge in [0.1, 0.15) is 0 Å². The lowest BCUT2D eigenvalue weighted by molar-refractivity contribution is 0.236. The molecule has 0 bridgehead atoms. The van der Waals surface area contributed by atoms with Crippen molar-refractivity contribution in [3.8, 4) is 5.88 Å². The zero-order chi connectivity index (χ0) is 9.97. The maximum atomic E-state index is 5.62. The Labute approximate surface area is 98.3 Å². The number of ether oxygens (including phenoxy) is 1. The number of nitrogens with zero attached hydrogens (tertiary/aromatic N) is 1. The molecule has 1 aromatic carbocycles. The van der Waals surface area contributed by atoms with E-state index in [0.717, 1.165) is 16.7 Å². The molecule has 0 fully saturated rings. The fourth-order valence-corrected chi connectivity index (χ4v) is 1.41. The lowest BCUT2D eigenvalue weighted by Crippen LogP contribution is -2.06. The highest BCUT2D eigenvalue weighted by Gasteiger charge is 2.03. The summed E-state index contributed by atoms with van der Waals surface area (Å²) in [6.07, 6.45) is 1.94. The number of hydrogen-bond acceptors (Lipinski definition) is 2. The summed E-state index contributed by atoms with van der Waals surface area (Å²) in [4.78, 5) is 4.22. The van der Waals surface area contributed by atoms with Gasteiger partial charge in [-0.3, -0.25) is 0 Å². The molecule has 0 N–H and O–H groups in total. The van der Waals surface area contributed by atoms with Crippen molar-refractivity contribution in [3.05, 3.63) is 36.5 Å². The van der Waals surface area contributed by atoms with Crippen molar-refractivity contribution >= 4 is 10.8 Å². The highest BCUT2D eigenvalue weighted by atomic mass is 16.5. The van der Waals surface area contributed by atoms with E-state index >= 15 is 0 Å². The van der Waals surface area contributed by atoms with Crippen LogP contribution in [0.4, 0.5) is 0 Å². The van der Waals surface area contributed by atoms with Crippen LogP contribution in [0, 0.1) is 0 Å². The fraction of sp³-hybridized carbons (Fsp3) is 0.357. The predicted molar refractivity (Wildman–Crippen MR) is 71.0 cm³/mol. The van der Waals surface area contributed by atoms with Crippen molar-refractivity contribution < 1.29 is 4.74 Å². The van der Waals surface area contributed by atoms with Gasteiger partial charge in [0.25, 0.3) is 0 Å². The first-order chi connectivity index (χ1) is 6.77. The van der Waals surface area contributed by atoms with Crippen molar-refractivity contribution in [3.63, 3.8) is 0 Å². The molecule has 2 aromatic rings. The zero-order valence-electron chi connectivity index (χ0n) is 8.40. The standard InChI is InChI=1S/C12H13NO.2CH4/c1-9(2)14-12-11-6-4-3-5-10(11)7-8-13-12;;/h3-9H,1-2H3;2*1H4. The Bertz CT molecular complexity index is 432. The summed E-state index contributed by atoms with van der Waals surface area (Å²) in [6.45, 7) is 4.01. The second kappa shape index (κ2) is 6.11. The molecule has 0 spiro atoms. The van der Waals surface area contributed by atoms with Crippen LogP contribution >= 0.6 is 0 Å². The monoisotopic (exact) mass is 219 g/mol. The maximum absolute atomic E-state index is 5.62. The summed E-state index contributed by atoms with van der Waals surface area (Å²) in [5.41, 5.74) is 0. The third kappa shape index (κ3) is 2.96. The summed E-state index contributed by atoms with van der Waals surface area (Å²) in [5, 5.41) is 2.24. The van der Waals surface area contributed by atoms with Gasteiger partial charge in [0, 0.05) is 11.6 Å². The Morgan fingerprint density at radius 3 is 2.44 bits per heavy atom. The van der Waals surface area contributed by atoms with E-state index in [2.05, 4.69) is 11.1 Å². The van der Waals surface area contributed by atoms with Crippen molar-refractivity contribution in [1.29, 1.82) is 0 Å². The Kier molecular flexibility index (Phi) is 5.51. The smallest absolute Gasteiger partial charge is 0.221 e. The van der Waals surface area contributed by atoms with Crippen LogP contribution in [-0.4, -0.2) is 11.1 Å². The Balaban J connectivity index is 0.00000112. The number of rotatable bonds is 2. The number of hydrogen-bond donors (Lipinski definition) is 0. The topological polar surface area (TPSA) is 22.1 Å². The minimum Gasteiger partial charge on any atom is -0.475 e. The van der Waals surface area contributed by atoms with E-state index < -0.39 is 0 Å². The van der Waals surface area contributed by atoms with Crippen LogP contribution in [0.1, 0.15) is 28.7 Å². The molecule has 2 nitrogen and oxygen atoms in total. The van der Waals surface area contributed by atoms with Gasteiger partial charge in [-0.05, 0) is 31.4 Å². The number of fused-ring (bicyclic) bond motifs is 1. The van der Waals surface area contributed by atoms with E-state index in [-0.39, 0.29) is 21.0 Å². The van der Waals surface area contributed by atoms with Crippen LogP contribution in [0.15, 0.2) is 36.5 Å². The van der Waals surface area contributed by atoms with Crippen molar-refractivity contribution in [2.75, 3.05) is 0 Å².